The van der Waals surface area contributed by atoms with Gasteiger partial charge >= 0.3 is 0 Å². The lowest BCUT2D eigenvalue weighted by atomic mass is 10.4. The zero-order valence-electron chi connectivity index (χ0n) is 6.86. The first kappa shape index (κ1) is 9.60. The van der Waals surface area contributed by atoms with Crippen LogP contribution in [-0.4, -0.2) is 15.9 Å². The molecule has 5 heteroatoms. The maximum absolute atomic E-state index is 11.1. The quantitative estimate of drug-likeness (QED) is 0.696. The van der Waals surface area contributed by atoms with Crippen LogP contribution in [0.4, 0.5) is 5.82 Å². The lowest BCUT2D eigenvalue weighted by molar-refractivity contribution is -0.115. The highest BCUT2D eigenvalue weighted by Crippen LogP contribution is 2.00. The van der Waals surface area contributed by atoms with E-state index in [2.05, 4.69) is 22.5 Å². The normalized spacial score (nSPS) is 9.23. The van der Waals surface area contributed by atoms with Gasteiger partial charge in [-0.3, -0.25) is 4.79 Å². The lowest BCUT2D eigenvalue weighted by Crippen LogP contribution is -2.20. The van der Waals surface area contributed by atoms with Crippen LogP contribution in [0.5, 0.6) is 0 Å². The molecule has 1 aromatic heterocycles. The van der Waals surface area contributed by atoms with E-state index in [0.29, 0.717) is 5.82 Å². The van der Waals surface area contributed by atoms with Crippen molar-refractivity contribution in [3.63, 3.8) is 0 Å². The van der Waals surface area contributed by atoms with Crippen molar-refractivity contribution in [3.05, 3.63) is 24.4 Å². The van der Waals surface area contributed by atoms with Crippen molar-refractivity contribution < 1.29 is 4.79 Å². The number of anilines is 1. The van der Waals surface area contributed by atoms with Gasteiger partial charge in [-0.1, -0.05) is 18.3 Å². The van der Waals surface area contributed by atoms with Gasteiger partial charge in [-0.05, 0) is 12.1 Å². The Labute approximate surface area is 81.2 Å². The molecule has 0 fully saturated rings. The van der Waals surface area contributed by atoms with E-state index in [1.807, 2.05) is 0 Å². The SMILES string of the molecule is NC(=S)CC(=O)Nc1ccccn1. The first-order chi connectivity index (χ1) is 6.18. The lowest BCUT2D eigenvalue weighted by Gasteiger charge is -2.01. The van der Waals surface area contributed by atoms with Gasteiger partial charge < -0.3 is 11.1 Å². The number of rotatable bonds is 3. The Morgan fingerprint density at radius 2 is 2.38 bits per heavy atom. The van der Waals surface area contributed by atoms with Crippen molar-refractivity contribution in [2.24, 2.45) is 5.73 Å². The van der Waals surface area contributed by atoms with Crippen LogP contribution >= 0.6 is 12.2 Å². The van der Waals surface area contributed by atoms with Crippen molar-refractivity contribution in [3.8, 4) is 0 Å². The third kappa shape index (κ3) is 3.62. The molecule has 0 bridgehead atoms. The van der Waals surface area contributed by atoms with E-state index in [0.717, 1.165) is 0 Å². The molecule has 0 unspecified atom stereocenters. The summed E-state index contributed by atoms with van der Waals surface area (Å²) in [5.74, 6) is 0.259. The summed E-state index contributed by atoms with van der Waals surface area (Å²) in [7, 11) is 0. The van der Waals surface area contributed by atoms with Gasteiger partial charge in [-0.2, -0.15) is 0 Å². The predicted octanol–water partition coefficient (Wildman–Crippen LogP) is 0.696. The van der Waals surface area contributed by atoms with Crippen molar-refractivity contribution in [2.75, 3.05) is 5.32 Å². The smallest absolute Gasteiger partial charge is 0.232 e. The summed E-state index contributed by atoms with van der Waals surface area (Å²) < 4.78 is 0. The zero-order chi connectivity index (χ0) is 9.68. The molecule has 3 N–H and O–H groups in total. The molecule has 0 atom stereocenters. The fourth-order valence-electron chi connectivity index (χ4n) is 0.782. The van der Waals surface area contributed by atoms with E-state index in [-0.39, 0.29) is 17.3 Å². The molecular formula is C8H9N3OS. The molecule has 0 radical (unpaired) electrons. The van der Waals surface area contributed by atoms with E-state index >= 15 is 0 Å². The molecule has 1 heterocycles. The van der Waals surface area contributed by atoms with E-state index in [1.54, 1.807) is 24.4 Å². The maximum Gasteiger partial charge on any atom is 0.232 e. The van der Waals surface area contributed by atoms with E-state index in [4.69, 9.17) is 5.73 Å². The molecule has 1 amide bonds. The Morgan fingerprint density at radius 1 is 1.62 bits per heavy atom. The summed E-state index contributed by atoms with van der Waals surface area (Å²) in [4.78, 5) is 15.2. The van der Waals surface area contributed by atoms with Crippen molar-refractivity contribution >= 4 is 28.9 Å². The summed E-state index contributed by atoms with van der Waals surface area (Å²) in [6.45, 7) is 0. The number of carbonyl (C=O) groups is 1. The van der Waals surface area contributed by atoms with Gasteiger partial charge in [-0.15, -0.1) is 0 Å². The topological polar surface area (TPSA) is 68.0 Å². The second kappa shape index (κ2) is 4.51. The molecule has 0 aromatic carbocycles. The number of hydrogen-bond donors (Lipinski definition) is 2. The third-order valence-electron chi connectivity index (χ3n) is 1.27. The first-order valence-corrected chi connectivity index (χ1v) is 4.08. The number of aromatic nitrogens is 1. The van der Waals surface area contributed by atoms with Crippen molar-refractivity contribution in [1.29, 1.82) is 0 Å². The minimum atomic E-state index is -0.244. The molecule has 0 aliphatic rings. The van der Waals surface area contributed by atoms with Crippen LogP contribution in [0.25, 0.3) is 0 Å². The molecule has 68 valence electrons. The molecule has 0 spiro atoms. The molecule has 1 rings (SSSR count). The average Bonchev–Trinajstić information content (AvgIpc) is 2.04. The van der Waals surface area contributed by atoms with Crippen LogP contribution in [0.15, 0.2) is 24.4 Å². The van der Waals surface area contributed by atoms with E-state index in [9.17, 15) is 4.79 Å². The van der Waals surface area contributed by atoms with Gasteiger partial charge in [0.2, 0.25) is 5.91 Å². The van der Waals surface area contributed by atoms with Gasteiger partial charge in [0, 0.05) is 6.20 Å². The first-order valence-electron chi connectivity index (χ1n) is 3.67. The molecule has 0 aliphatic heterocycles. The number of amides is 1. The van der Waals surface area contributed by atoms with Gasteiger partial charge in [0.15, 0.2) is 0 Å². The number of hydrogen-bond acceptors (Lipinski definition) is 3. The van der Waals surface area contributed by atoms with Crippen LogP contribution in [0.3, 0.4) is 0 Å². The van der Waals surface area contributed by atoms with E-state index < -0.39 is 0 Å². The number of nitrogens with one attached hydrogen (secondary N) is 1. The molecule has 1 aromatic rings. The number of nitrogens with zero attached hydrogens (tertiary/aromatic N) is 1. The van der Waals surface area contributed by atoms with Crippen molar-refractivity contribution in [2.45, 2.75) is 6.42 Å². The summed E-state index contributed by atoms with van der Waals surface area (Å²) in [5.41, 5.74) is 5.20. The fraction of sp³-hybridized carbons (Fsp3) is 0.125. The Morgan fingerprint density at radius 3 is 2.92 bits per heavy atom. The standard InChI is InChI=1S/C8H9N3OS/c9-6(13)5-8(12)11-7-3-1-2-4-10-7/h1-4H,5H2,(H2,9,13)(H,10,11,12). The number of pyridine rings is 1. The van der Waals surface area contributed by atoms with Gasteiger partial charge in [-0.25, -0.2) is 4.98 Å². The van der Waals surface area contributed by atoms with Gasteiger partial charge in [0.25, 0.3) is 0 Å². The minimum absolute atomic E-state index is 0.0475. The van der Waals surface area contributed by atoms with Crippen LogP contribution in [-0.2, 0) is 4.79 Å². The van der Waals surface area contributed by atoms with Crippen LogP contribution in [0.2, 0.25) is 0 Å². The highest BCUT2D eigenvalue weighted by Gasteiger charge is 2.03. The zero-order valence-corrected chi connectivity index (χ0v) is 7.67. The number of nitrogens with two attached hydrogens (primary N) is 1. The molecular weight excluding hydrogens is 186 g/mol. The van der Waals surface area contributed by atoms with Crippen LogP contribution in [0, 0.1) is 0 Å². The maximum atomic E-state index is 11.1. The van der Waals surface area contributed by atoms with Crippen LogP contribution < -0.4 is 11.1 Å². The number of thiocarbonyl (C=S) groups is 1. The highest BCUT2D eigenvalue weighted by atomic mass is 32.1. The number of carbonyl (C=O) groups excluding carboxylic acids is 1. The van der Waals surface area contributed by atoms with Gasteiger partial charge in [0.1, 0.15) is 5.82 Å². The Bertz CT molecular complexity index is 312. The average molecular weight is 195 g/mol. The Kier molecular flexibility index (Phi) is 3.33. The van der Waals surface area contributed by atoms with Gasteiger partial charge in [0.05, 0.1) is 11.4 Å². The summed E-state index contributed by atoms with van der Waals surface area (Å²) in [6, 6.07) is 5.24. The highest BCUT2D eigenvalue weighted by molar-refractivity contribution is 7.80. The molecule has 4 nitrogen and oxygen atoms in total. The van der Waals surface area contributed by atoms with Crippen LogP contribution in [0.1, 0.15) is 6.42 Å². The predicted molar refractivity (Wildman–Crippen MR) is 54.3 cm³/mol. The monoisotopic (exact) mass is 195 g/mol. The molecule has 0 aliphatic carbocycles. The summed E-state index contributed by atoms with van der Waals surface area (Å²) in [6.07, 6.45) is 1.64. The Hall–Kier alpha value is -1.49. The molecule has 13 heavy (non-hydrogen) atoms. The molecule has 0 saturated carbocycles. The summed E-state index contributed by atoms with van der Waals surface area (Å²) >= 11 is 4.58. The largest absolute Gasteiger partial charge is 0.393 e. The second-order valence-corrected chi connectivity index (χ2v) is 2.93. The third-order valence-corrected chi connectivity index (χ3v) is 1.41. The Balaban J connectivity index is 2.50. The molecule has 0 saturated heterocycles. The van der Waals surface area contributed by atoms with Crippen molar-refractivity contribution in [1.82, 2.24) is 4.98 Å². The van der Waals surface area contributed by atoms with E-state index in [1.165, 1.54) is 0 Å². The summed E-state index contributed by atoms with van der Waals surface area (Å²) in [5, 5.41) is 2.56. The second-order valence-electron chi connectivity index (χ2n) is 2.41. The fourth-order valence-corrected chi connectivity index (χ4v) is 0.913. The minimum Gasteiger partial charge on any atom is -0.393 e.